The fourth-order valence-corrected chi connectivity index (χ4v) is 12.1. The van der Waals surface area contributed by atoms with Gasteiger partial charge in [-0.25, -0.2) is 0 Å². The summed E-state index contributed by atoms with van der Waals surface area (Å²) in [5, 5.41) is 0. The number of hydrogen-bond donors (Lipinski definition) is 0. The molecule has 0 saturated heterocycles. The molecule has 14 rings (SSSR count). The van der Waals surface area contributed by atoms with Crippen molar-refractivity contribution in [3.63, 3.8) is 0 Å². The lowest BCUT2D eigenvalue weighted by atomic mass is 9.70. The molecule has 0 atom stereocenters. The van der Waals surface area contributed by atoms with Gasteiger partial charge in [-0.2, -0.15) is 0 Å². The summed E-state index contributed by atoms with van der Waals surface area (Å²) in [4.78, 5) is 2.46. The normalized spacial score (nSPS) is 13.6. The van der Waals surface area contributed by atoms with Crippen LogP contribution >= 0.6 is 0 Å². The maximum Gasteiger partial charge on any atom is 0.0726 e. The van der Waals surface area contributed by atoms with Gasteiger partial charge in [0.25, 0.3) is 0 Å². The molecule has 0 saturated carbocycles. The summed E-state index contributed by atoms with van der Waals surface area (Å²) < 4.78 is 0. The Kier molecular flexibility index (Phi) is 7.50. The van der Waals surface area contributed by atoms with E-state index in [2.05, 4.69) is 229 Å². The molecule has 0 aromatic heterocycles. The molecule has 0 radical (unpaired) electrons. The van der Waals surface area contributed by atoms with Crippen LogP contribution in [0.3, 0.4) is 0 Å². The van der Waals surface area contributed by atoms with Gasteiger partial charge in [0.1, 0.15) is 0 Å². The zero-order valence-electron chi connectivity index (χ0n) is 35.2. The molecule has 0 N–H and O–H groups in total. The first kappa shape index (κ1) is 35.6. The van der Waals surface area contributed by atoms with E-state index in [4.69, 9.17) is 0 Å². The highest BCUT2D eigenvalue weighted by Crippen LogP contribution is 2.63. The lowest BCUT2D eigenvalue weighted by molar-refractivity contribution is 0.793. The number of benzene rings is 10. The number of rotatable bonds is 5. The van der Waals surface area contributed by atoms with Crippen molar-refractivity contribution in [2.75, 3.05) is 4.90 Å². The van der Waals surface area contributed by atoms with Crippen LogP contribution in [0.4, 0.5) is 17.1 Å². The molecule has 1 nitrogen and oxygen atoms in total. The molecule has 0 bridgehead atoms. The van der Waals surface area contributed by atoms with Gasteiger partial charge in [-0.1, -0.05) is 182 Å². The molecular formula is C63H41N. The van der Waals surface area contributed by atoms with Crippen LogP contribution in [-0.2, 0) is 18.3 Å². The molecule has 64 heavy (non-hydrogen) atoms. The SMILES string of the molecule is c1ccc(-c2ccc(N(c3ccc(-c4cc5c(c6c4Cc4ccccc4-6)Cc4ccccc4-5)cc3)c3ccc4c(c3)C3(c5ccccc5-c5ccccc53)c3ccccc3-4)cc2)cc1. The Labute approximate surface area is 374 Å². The summed E-state index contributed by atoms with van der Waals surface area (Å²) in [6.07, 6.45) is 1.95. The molecule has 10 aromatic carbocycles. The minimum absolute atomic E-state index is 0.425. The van der Waals surface area contributed by atoms with Gasteiger partial charge in [0, 0.05) is 17.1 Å². The zero-order valence-corrected chi connectivity index (χ0v) is 35.2. The summed E-state index contributed by atoms with van der Waals surface area (Å²) in [5.41, 5.74) is 30.0. The highest BCUT2D eigenvalue weighted by molar-refractivity contribution is 5.98. The summed E-state index contributed by atoms with van der Waals surface area (Å²) in [6, 6.07) is 84.2. The first-order valence-corrected chi connectivity index (χ1v) is 22.6. The van der Waals surface area contributed by atoms with E-state index in [9.17, 15) is 0 Å². The zero-order chi connectivity index (χ0) is 41.9. The standard InChI is InChI=1S/C63H41N/c1-2-14-40(15-3-1)41-26-30-45(31-27-41)64(47-34-35-53-52-22-10-13-25-60(52)63(61(53)38-47)58-23-11-8-20-50(58)51-21-9-12-24-59(51)63)46-32-28-42(29-33-46)54-39-55-48-18-6-4-16-43(48)36-57(55)62-49-19-7-5-17-44(49)37-56(54)62/h1-35,38-39H,36-37H2. The molecule has 0 unspecified atom stereocenters. The van der Waals surface area contributed by atoms with Gasteiger partial charge in [0.2, 0.25) is 0 Å². The van der Waals surface area contributed by atoms with Crippen LogP contribution in [0, 0.1) is 0 Å². The third-order valence-corrected chi connectivity index (χ3v) is 14.8. The Morgan fingerprint density at radius 2 is 0.719 bits per heavy atom. The highest BCUT2D eigenvalue weighted by atomic mass is 15.1. The lowest BCUT2D eigenvalue weighted by Crippen LogP contribution is -2.26. The van der Waals surface area contributed by atoms with Crippen molar-refractivity contribution in [3.8, 4) is 66.8 Å². The fourth-order valence-electron chi connectivity index (χ4n) is 12.1. The number of nitrogens with zero attached hydrogens (tertiary/aromatic N) is 1. The fraction of sp³-hybridized carbons (Fsp3) is 0.0476. The minimum Gasteiger partial charge on any atom is -0.310 e. The van der Waals surface area contributed by atoms with E-state index in [1.165, 1.54) is 111 Å². The minimum atomic E-state index is -0.425. The molecule has 0 heterocycles. The van der Waals surface area contributed by atoms with Crippen LogP contribution in [-0.4, -0.2) is 0 Å². The number of anilines is 3. The molecule has 4 aliphatic carbocycles. The van der Waals surface area contributed by atoms with Gasteiger partial charge < -0.3 is 4.90 Å². The maximum absolute atomic E-state index is 2.50. The van der Waals surface area contributed by atoms with Crippen LogP contribution in [0.1, 0.15) is 44.5 Å². The van der Waals surface area contributed by atoms with Crippen molar-refractivity contribution in [3.05, 3.63) is 269 Å². The van der Waals surface area contributed by atoms with E-state index in [0.29, 0.717) is 0 Å². The molecule has 0 aliphatic heterocycles. The molecule has 0 fully saturated rings. The van der Waals surface area contributed by atoms with E-state index in [0.717, 1.165) is 29.9 Å². The average molecular weight is 812 g/mol. The topological polar surface area (TPSA) is 3.24 Å². The quantitative estimate of drug-likeness (QED) is 0.167. The van der Waals surface area contributed by atoms with Crippen molar-refractivity contribution < 1.29 is 0 Å². The Morgan fingerprint density at radius 1 is 0.281 bits per heavy atom. The highest BCUT2D eigenvalue weighted by Gasteiger charge is 2.51. The van der Waals surface area contributed by atoms with Gasteiger partial charge in [-0.15, -0.1) is 0 Å². The molecule has 1 spiro atoms. The first-order chi connectivity index (χ1) is 31.7. The van der Waals surface area contributed by atoms with E-state index in [-0.39, 0.29) is 0 Å². The summed E-state index contributed by atoms with van der Waals surface area (Å²) in [7, 11) is 0. The van der Waals surface area contributed by atoms with Crippen molar-refractivity contribution in [1.82, 2.24) is 0 Å². The monoisotopic (exact) mass is 811 g/mol. The molecular weight excluding hydrogens is 771 g/mol. The predicted octanol–water partition coefficient (Wildman–Crippen LogP) is 16.0. The summed E-state index contributed by atoms with van der Waals surface area (Å²) >= 11 is 0. The molecule has 10 aromatic rings. The van der Waals surface area contributed by atoms with Crippen molar-refractivity contribution in [1.29, 1.82) is 0 Å². The lowest BCUT2D eigenvalue weighted by Gasteiger charge is -2.32. The Morgan fingerprint density at radius 3 is 1.33 bits per heavy atom. The van der Waals surface area contributed by atoms with Crippen molar-refractivity contribution in [2.24, 2.45) is 0 Å². The molecule has 4 aliphatic rings. The average Bonchev–Trinajstić information content (AvgIpc) is 4.10. The van der Waals surface area contributed by atoms with Crippen LogP contribution in [0.15, 0.2) is 224 Å². The van der Waals surface area contributed by atoms with Gasteiger partial charge in [-0.3, -0.25) is 0 Å². The maximum atomic E-state index is 2.50. The van der Waals surface area contributed by atoms with Gasteiger partial charge in [0.05, 0.1) is 5.41 Å². The number of hydrogen-bond acceptors (Lipinski definition) is 1. The van der Waals surface area contributed by atoms with Crippen LogP contribution in [0.5, 0.6) is 0 Å². The van der Waals surface area contributed by atoms with Crippen LogP contribution < -0.4 is 4.90 Å². The Hall–Kier alpha value is -8.00. The van der Waals surface area contributed by atoms with E-state index in [1.54, 1.807) is 0 Å². The molecule has 1 heteroatoms. The van der Waals surface area contributed by atoms with E-state index < -0.39 is 5.41 Å². The summed E-state index contributed by atoms with van der Waals surface area (Å²) in [6.45, 7) is 0. The Bertz CT molecular complexity index is 3480. The van der Waals surface area contributed by atoms with E-state index >= 15 is 0 Å². The second-order valence-corrected chi connectivity index (χ2v) is 17.9. The second-order valence-electron chi connectivity index (χ2n) is 17.9. The molecule has 0 amide bonds. The number of fused-ring (bicyclic) bond motifs is 17. The van der Waals surface area contributed by atoms with E-state index in [1.807, 2.05) is 0 Å². The van der Waals surface area contributed by atoms with Crippen molar-refractivity contribution >= 4 is 17.1 Å². The van der Waals surface area contributed by atoms with Crippen molar-refractivity contribution in [2.45, 2.75) is 18.3 Å². The van der Waals surface area contributed by atoms with Gasteiger partial charge in [0.15, 0.2) is 0 Å². The summed E-state index contributed by atoms with van der Waals surface area (Å²) in [5.74, 6) is 0. The van der Waals surface area contributed by atoms with Gasteiger partial charge >= 0.3 is 0 Å². The third kappa shape index (κ3) is 4.90. The van der Waals surface area contributed by atoms with Gasteiger partial charge in [-0.05, 0) is 167 Å². The van der Waals surface area contributed by atoms with Crippen LogP contribution in [0.2, 0.25) is 0 Å². The largest absolute Gasteiger partial charge is 0.310 e. The third-order valence-electron chi connectivity index (χ3n) is 14.8. The molecule has 298 valence electrons. The second kappa shape index (κ2) is 13.5. The van der Waals surface area contributed by atoms with Crippen LogP contribution in [0.25, 0.3) is 66.8 Å². The smallest absolute Gasteiger partial charge is 0.0726 e. The first-order valence-electron chi connectivity index (χ1n) is 22.6. The predicted molar refractivity (Wildman–Crippen MR) is 265 cm³/mol. The Balaban J connectivity index is 0.951.